The van der Waals surface area contributed by atoms with Gasteiger partial charge in [0.2, 0.25) is 5.91 Å². The summed E-state index contributed by atoms with van der Waals surface area (Å²) in [5.74, 6) is -0.141. The lowest BCUT2D eigenvalue weighted by atomic mass is 10.00. The highest BCUT2D eigenvalue weighted by Crippen LogP contribution is 2.11. The molecule has 0 heterocycles. The highest BCUT2D eigenvalue weighted by atomic mass is 16.3. The molecule has 0 bridgehead atoms. The van der Waals surface area contributed by atoms with E-state index in [9.17, 15) is 4.79 Å². The first kappa shape index (κ1) is 15.1. The van der Waals surface area contributed by atoms with Crippen molar-refractivity contribution in [3.8, 4) is 0 Å². The molecular weight excluding hydrogens is 204 g/mol. The molecule has 4 nitrogen and oxygen atoms in total. The molecule has 1 amide bonds. The van der Waals surface area contributed by atoms with E-state index >= 15 is 0 Å². The average Bonchev–Trinajstić information content (AvgIpc) is 2.14. The molecule has 0 aliphatic heterocycles. The van der Waals surface area contributed by atoms with Crippen molar-refractivity contribution in [2.45, 2.75) is 25.8 Å². The van der Waals surface area contributed by atoms with E-state index < -0.39 is 0 Å². The molecule has 2 N–H and O–H groups in total. The molecule has 16 heavy (non-hydrogen) atoms. The van der Waals surface area contributed by atoms with E-state index in [4.69, 9.17) is 5.11 Å². The number of likely N-dealkylation sites (N-methyl/N-ethyl adjacent to an activating group) is 1. The second kappa shape index (κ2) is 6.01. The van der Waals surface area contributed by atoms with Crippen LogP contribution in [0.1, 0.15) is 20.3 Å². The molecule has 0 radical (unpaired) electrons. The molecule has 0 unspecified atom stereocenters. The Kier molecular flexibility index (Phi) is 5.68. The molecule has 0 aliphatic carbocycles. The minimum atomic E-state index is -0.240. The number of nitrogens with zero attached hydrogens (tertiary/aromatic N) is 1. The molecule has 0 saturated heterocycles. The highest BCUT2D eigenvalue weighted by molar-refractivity contribution is 5.87. The second-order valence-corrected chi connectivity index (χ2v) is 5.43. The van der Waals surface area contributed by atoms with Gasteiger partial charge in [-0.05, 0) is 19.9 Å². The first-order valence-electron chi connectivity index (χ1n) is 5.60. The number of amides is 1. The van der Waals surface area contributed by atoms with Crippen LogP contribution in [0, 0.1) is 0 Å². The lowest BCUT2D eigenvalue weighted by Gasteiger charge is -2.33. The molecule has 0 aromatic carbocycles. The van der Waals surface area contributed by atoms with Crippen molar-refractivity contribution in [3.63, 3.8) is 0 Å². The number of hydrogen-bond acceptors (Lipinski definition) is 2. The quantitative estimate of drug-likeness (QED) is 0.494. The van der Waals surface area contributed by atoms with Crippen LogP contribution in [0.3, 0.4) is 0 Å². The Labute approximate surface area is 98.5 Å². The number of aliphatic hydroxyl groups excluding tert-OH is 1. The number of rotatable bonds is 7. The fraction of sp³-hybridized carbons (Fsp3) is 0.750. The number of quaternary nitrogens is 1. The molecule has 0 aromatic rings. The van der Waals surface area contributed by atoms with Gasteiger partial charge in [-0.1, -0.05) is 6.58 Å². The van der Waals surface area contributed by atoms with Crippen LogP contribution in [-0.4, -0.2) is 54.8 Å². The molecule has 0 aromatic heterocycles. The Morgan fingerprint density at radius 3 is 2.44 bits per heavy atom. The van der Waals surface area contributed by atoms with Gasteiger partial charge >= 0.3 is 0 Å². The fourth-order valence-electron chi connectivity index (χ4n) is 1.41. The number of aliphatic hydroxyl groups is 1. The van der Waals surface area contributed by atoms with E-state index in [2.05, 4.69) is 26.0 Å². The van der Waals surface area contributed by atoms with Crippen LogP contribution in [-0.2, 0) is 4.79 Å². The van der Waals surface area contributed by atoms with Gasteiger partial charge in [-0.15, -0.1) is 0 Å². The normalized spacial score (nSPS) is 12.3. The number of hydrogen-bond donors (Lipinski definition) is 2. The zero-order valence-electron chi connectivity index (χ0n) is 10.9. The summed E-state index contributed by atoms with van der Waals surface area (Å²) in [6.45, 7) is 9.24. The maximum Gasteiger partial charge on any atom is 0.243 e. The van der Waals surface area contributed by atoms with Crippen molar-refractivity contribution >= 4 is 5.91 Å². The predicted molar refractivity (Wildman–Crippen MR) is 66.0 cm³/mol. The van der Waals surface area contributed by atoms with Crippen LogP contribution < -0.4 is 5.32 Å². The third-order valence-electron chi connectivity index (χ3n) is 2.69. The van der Waals surface area contributed by atoms with Gasteiger partial charge in [-0.25, -0.2) is 0 Å². The summed E-state index contributed by atoms with van der Waals surface area (Å²) in [7, 11) is 4.14. The Bertz CT molecular complexity index is 247. The van der Waals surface area contributed by atoms with E-state index in [0.717, 1.165) is 24.0 Å². The third-order valence-corrected chi connectivity index (χ3v) is 2.69. The standard InChI is InChI=1S/C12H24N2O2/c1-6-11(16)13-12(2,3)7-8-14(4,5)9-10-15/h6,15H,1,7-10H2,2-5H3/p+1. The van der Waals surface area contributed by atoms with E-state index in [1.54, 1.807) is 0 Å². The van der Waals surface area contributed by atoms with Crippen molar-refractivity contribution < 1.29 is 14.4 Å². The summed E-state index contributed by atoms with van der Waals surface area (Å²) < 4.78 is 0.754. The van der Waals surface area contributed by atoms with E-state index in [1.165, 1.54) is 6.08 Å². The minimum Gasteiger partial charge on any atom is -0.391 e. The lowest BCUT2D eigenvalue weighted by molar-refractivity contribution is -0.891. The van der Waals surface area contributed by atoms with Gasteiger partial charge in [0, 0.05) is 12.0 Å². The van der Waals surface area contributed by atoms with Crippen LogP contribution in [0.15, 0.2) is 12.7 Å². The van der Waals surface area contributed by atoms with Crippen molar-refractivity contribution in [3.05, 3.63) is 12.7 Å². The van der Waals surface area contributed by atoms with Crippen molar-refractivity contribution in [1.29, 1.82) is 0 Å². The van der Waals surface area contributed by atoms with E-state index in [0.29, 0.717) is 0 Å². The van der Waals surface area contributed by atoms with Gasteiger partial charge in [0.15, 0.2) is 0 Å². The summed E-state index contributed by atoms with van der Waals surface area (Å²) in [5, 5.41) is 11.8. The van der Waals surface area contributed by atoms with Crippen LogP contribution >= 0.6 is 0 Å². The van der Waals surface area contributed by atoms with Gasteiger partial charge in [-0.3, -0.25) is 4.79 Å². The predicted octanol–water partition coefficient (Wildman–Crippen LogP) is 0.526. The Balaban J connectivity index is 4.16. The number of nitrogens with one attached hydrogen (secondary N) is 1. The summed E-state index contributed by atoms with van der Waals surface area (Å²) in [5.41, 5.74) is -0.240. The van der Waals surface area contributed by atoms with Crippen LogP contribution in [0.2, 0.25) is 0 Å². The molecule has 4 heteroatoms. The largest absolute Gasteiger partial charge is 0.391 e. The van der Waals surface area contributed by atoms with Crippen LogP contribution in [0.5, 0.6) is 0 Å². The monoisotopic (exact) mass is 229 g/mol. The summed E-state index contributed by atoms with van der Waals surface area (Å²) in [4.78, 5) is 11.2. The first-order chi connectivity index (χ1) is 7.22. The van der Waals surface area contributed by atoms with Gasteiger partial charge in [0.1, 0.15) is 6.54 Å². The smallest absolute Gasteiger partial charge is 0.243 e. The maximum atomic E-state index is 11.2. The topological polar surface area (TPSA) is 49.3 Å². The Morgan fingerprint density at radius 2 is 2.00 bits per heavy atom. The van der Waals surface area contributed by atoms with Crippen LogP contribution in [0.25, 0.3) is 0 Å². The molecule has 0 atom stereocenters. The van der Waals surface area contributed by atoms with Gasteiger partial charge in [-0.2, -0.15) is 0 Å². The molecule has 0 saturated carbocycles. The minimum absolute atomic E-state index is 0.141. The molecule has 94 valence electrons. The van der Waals surface area contributed by atoms with Gasteiger partial charge in [0.25, 0.3) is 0 Å². The number of carbonyl (C=O) groups is 1. The SMILES string of the molecule is C=CC(=O)NC(C)(C)CC[N+](C)(C)CCO. The molecule has 0 aliphatic rings. The molecular formula is C12H25N2O2+. The van der Waals surface area contributed by atoms with Gasteiger partial charge < -0.3 is 14.9 Å². The lowest BCUT2D eigenvalue weighted by Crippen LogP contribution is -2.49. The van der Waals surface area contributed by atoms with Crippen molar-refractivity contribution in [2.75, 3.05) is 33.8 Å². The highest BCUT2D eigenvalue weighted by Gasteiger charge is 2.24. The zero-order valence-corrected chi connectivity index (χ0v) is 10.9. The third kappa shape index (κ3) is 6.58. The van der Waals surface area contributed by atoms with Crippen molar-refractivity contribution in [2.24, 2.45) is 0 Å². The molecule has 0 rings (SSSR count). The summed E-state index contributed by atoms with van der Waals surface area (Å²) >= 11 is 0. The molecule has 0 fully saturated rings. The van der Waals surface area contributed by atoms with Crippen LogP contribution in [0.4, 0.5) is 0 Å². The zero-order chi connectivity index (χ0) is 12.8. The van der Waals surface area contributed by atoms with E-state index in [1.807, 2.05) is 13.8 Å². The maximum absolute atomic E-state index is 11.2. The second-order valence-electron chi connectivity index (χ2n) is 5.43. The fourth-order valence-corrected chi connectivity index (χ4v) is 1.41. The van der Waals surface area contributed by atoms with Crippen molar-refractivity contribution in [1.82, 2.24) is 5.32 Å². The average molecular weight is 229 g/mol. The Hall–Kier alpha value is -0.870. The first-order valence-corrected chi connectivity index (χ1v) is 5.60. The van der Waals surface area contributed by atoms with Gasteiger partial charge in [0.05, 0.1) is 27.2 Å². The summed E-state index contributed by atoms with van der Waals surface area (Å²) in [6, 6.07) is 0. The Morgan fingerprint density at radius 1 is 1.44 bits per heavy atom. The molecule has 0 spiro atoms. The van der Waals surface area contributed by atoms with E-state index in [-0.39, 0.29) is 18.1 Å². The summed E-state index contributed by atoms with van der Waals surface area (Å²) in [6.07, 6.45) is 2.15. The number of carbonyl (C=O) groups excluding carboxylic acids is 1.